The average molecular weight is 335 g/mol. The van der Waals surface area contributed by atoms with Crippen molar-refractivity contribution in [1.82, 2.24) is 15.3 Å². The smallest absolute Gasteiger partial charge is 0.230 e. The van der Waals surface area contributed by atoms with Crippen LogP contribution in [0.25, 0.3) is 0 Å². The summed E-state index contributed by atoms with van der Waals surface area (Å²) >= 11 is 1.33. The van der Waals surface area contributed by atoms with Crippen LogP contribution in [-0.4, -0.2) is 33.5 Å². The van der Waals surface area contributed by atoms with E-state index in [0.29, 0.717) is 28.1 Å². The molecule has 0 aliphatic heterocycles. The molecule has 0 saturated heterocycles. The zero-order valence-corrected chi connectivity index (χ0v) is 15.3. The molecule has 1 heterocycles. The van der Waals surface area contributed by atoms with Gasteiger partial charge in [0.1, 0.15) is 10.9 Å². The average Bonchev–Trinajstić information content (AvgIpc) is 3.28. The molecule has 0 bridgehead atoms. The van der Waals surface area contributed by atoms with E-state index in [2.05, 4.69) is 29.1 Å². The molecule has 1 unspecified atom stereocenters. The van der Waals surface area contributed by atoms with E-state index in [9.17, 15) is 9.59 Å². The van der Waals surface area contributed by atoms with Crippen LogP contribution < -0.4 is 5.32 Å². The lowest BCUT2D eigenvalue weighted by Crippen LogP contribution is -2.37. The largest absolute Gasteiger partial charge is 0.353 e. The van der Waals surface area contributed by atoms with Crippen molar-refractivity contribution in [3.05, 3.63) is 17.1 Å². The fourth-order valence-electron chi connectivity index (χ4n) is 2.20. The Kier molecular flexibility index (Phi) is 5.79. The fourth-order valence-corrected chi connectivity index (χ4v) is 3.14. The van der Waals surface area contributed by atoms with Gasteiger partial charge < -0.3 is 5.32 Å². The van der Waals surface area contributed by atoms with Gasteiger partial charge in [0.25, 0.3) is 0 Å². The summed E-state index contributed by atoms with van der Waals surface area (Å²) in [7, 11) is 0. The molecule has 1 aromatic heterocycles. The Morgan fingerprint density at radius 3 is 2.43 bits per heavy atom. The molecule has 1 aliphatic rings. The van der Waals surface area contributed by atoms with Crippen LogP contribution in [0.4, 0.5) is 0 Å². The maximum Gasteiger partial charge on any atom is 0.230 e. The number of thioether (sulfide) groups is 1. The molecule has 0 spiro atoms. The van der Waals surface area contributed by atoms with Crippen molar-refractivity contribution in [3.8, 4) is 0 Å². The number of carbonyl (C=O) groups is 2. The van der Waals surface area contributed by atoms with Crippen LogP contribution in [0.5, 0.6) is 0 Å². The normalized spacial score (nSPS) is 15.6. The number of hydrogen-bond acceptors (Lipinski definition) is 5. The van der Waals surface area contributed by atoms with Gasteiger partial charge in [-0.3, -0.25) is 9.59 Å². The summed E-state index contributed by atoms with van der Waals surface area (Å²) in [4.78, 5) is 33.0. The number of aromatic nitrogens is 2. The molecule has 5 nitrogen and oxygen atoms in total. The van der Waals surface area contributed by atoms with E-state index in [4.69, 9.17) is 0 Å². The van der Waals surface area contributed by atoms with E-state index in [-0.39, 0.29) is 23.5 Å². The van der Waals surface area contributed by atoms with Crippen LogP contribution in [0, 0.1) is 12.8 Å². The first-order chi connectivity index (χ1) is 10.8. The van der Waals surface area contributed by atoms with E-state index in [0.717, 1.165) is 18.7 Å². The van der Waals surface area contributed by atoms with Crippen LogP contribution in [0.1, 0.15) is 68.3 Å². The molecule has 1 saturated carbocycles. The number of aryl methyl sites for hydroxylation is 1. The molecule has 126 valence electrons. The van der Waals surface area contributed by atoms with Gasteiger partial charge in [-0.25, -0.2) is 9.97 Å². The minimum Gasteiger partial charge on any atom is -0.353 e. The Bertz CT molecular complexity index is 612. The lowest BCUT2D eigenvalue weighted by Gasteiger charge is -2.17. The van der Waals surface area contributed by atoms with Gasteiger partial charge in [-0.2, -0.15) is 0 Å². The molecule has 0 radical (unpaired) electrons. The molecule has 0 aromatic carbocycles. The number of nitrogens with zero attached hydrogens (tertiary/aromatic N) is 2. The Hall–Kier alpha value is -1.43. The highest BCUT2D eigenvalue weighted by molar-refractivity contribution is 8.00. The quantitative estimate of drug-likeness (QED) is 0.471. The zero-order valence-electron chi connectivity index (χ0n) is 14.5. The molecule has 23 heavy (non-hydrogen) atoms. The number of rotatable bonds is 7. The Morgan fingerprint density at radius 2 is 1.91 bits per heavy atom. The Labute approximate surface area is 142 Å². The molecule has 2 rings (SSSR count). The van der Waals surface area contributed by atoms with Gasteiger partial charge in [0.15, 0.2) is 5.78 Å². The van der Waals surface area contributed by atoms with Crippen LogP contribution >= 0.6 is 11.8 Å². The van der Waals surface area contributed by atoms with E-state index in [1.54, 1.807) is 0 Å². The van der Waals surface area contributed by atoms with Crippen molar-refractivity contribution in [3.63, 3.8) is 0 Å². The molecule has 1 aliphatic carbocycles. The molecular formula is C17H25N3O2S. The van der Waals surface area contributed by atoms with Crippen LogP contribution in [0.3, 0.4) is 0 Å². The summed E-state index contributed by atoms with van der Waals surface area (Å²) in [5.41, 5.74) is 1.26. The van der Waals surface area contributed by atoms with E-state index < -0.39 is 0 Å². The summed E-state index contributed by atoms with van der Waals surface area (Å²) in [6, 6.07) is 0.129. The summed E-state index contributed by atoms with van der Waals surface area (Å²) in [5, 5.41) is 3.61. The van der Waals surface area contributed by atoms with Gasteiger partial charge in [0.2, 0.25) is 5.91 Å². The molecule has 1 amide bonds. The van der Waals surface area contributed by atoms with E-state index in [1.807, 2.05) is 13.8 Å². The third-order valence-electron chi connectivity index (χ3n) is 4.10. The molecule has 1 N–H and O–H groups in total. The molecule has 1 atom stereocenters. The van der Waals surface area contributed by atoms with Crippen LogP contribution in [-0.2, 0) is 4.79 Å². The van der Waals surface area contributed by atoms with Gasteiger partial charge in [0, 0.05) is 12.0 Å². The second-order valence-corrected chi connectivity index (χ2v) is 7.53. The van der Waals surface area contributed by atoms with Crippen molar-refractivity contribution in [2.24, 2.45) is 5.92 Å². The minimum absolute atomic E-state index is 0.0325. The number of Topliss-reactive ketones (excluding diaryl/α,β-unsaturated/α-hetero) is 1. The zero-order chi connectivity index (χ0) is 17.1. The topological polar surface area (TPSA) is 72.0 Å². The maximum atomic E-state index is 12.1. The first-order valence-electron chi connectivity index (χ1n) is 8.11. The van der Waals surface area contributed by atoms with E-state index >= 15 is 0 Å². The highest BCUT2D eigenvalue weighted by atomic mass is 32.2. The van der Waals surface area contributed by atoms with Crippen molar-refractivity contribution >= 4 is 23.5 Å². The number of nitrogens with one attached hydrogen (secondary N) is 1. The predicted octanol–water partition coefficient (Wildman–Crippen LogP) is 3.12. The van der Waals surface area contributed by atoms with Gasteiger partial charge in [-0.1, -0.05) is 25.6 Å². The second-order valence-electron chi connectivity index (χ2n) is 6.57. The van der Waals surface area contributed by atoms with Gasteiger partial charge in [-0.15, -0.1) is 0 Å². The van der Waals surface area contributed by atoms with Crippen molar-refractivity contribution in [1.29, 1.82) is 0 Å². The number of ketones is 1. The SMILES string of the molecule is CC(=O)c1c(C)nc(C2CC2)nc1SCC(=O)NC(C)C(C)C. The lowest BCUT2D eigenvalue weighted by molar-refractivity contribution is -0.119. The monoisotopic (exact) mass is 335 g/mol. The Balaban J connectivity index is 2.11. The highest BCUT2D eigenvalue weighted by Crippen LogP contribution is 2.39. The van der Waals surface area contributed by atoms with Crippen molar-refractivity contribution < 1.29 is 9.59 Å². The standard InChI is InChI=1S/C17H25N3O2S/c1-9(2)10(3)18-14(22)8-23-17-15(12(5)21)11(4)19-16(20-17)13-6-7-13/h9-10,13H,6-8H2,1-5H3,(H,18,22). The first kappa shape index (κ1) is 17.9. The molecule has 6 heteroatoms. The number of amides is 1. The molecule has 1 fully saturated rings. The summed E-state index contributed by atoms with van der Waals surface area (Å²) < 4.78 is 0. The predicted molar refractivity (Wildman–Crippen MR) is 91.9 cm³/mol. The van der Waals surface area contributed by atoms with Crippen LogP contribution in [0.15, 0.2) is 5.03 Å². The van der Waals surface area contributed by atoms with Crippen molar-refractivity contribution in [2.75, 3.05) is 5.75 Å². The summed E-state index contributed by atoms with van der Waals surface area (Å²) in [6.07, 6.45) is 2.21. The van der Waals surface area contributed by atoms with E-state index in [1.165, 1.54) is 18.7 Å². The Morgan fingerprint density at radius 1 is 1.26 bits per heavy atom. The number of carbonyl (C=O) groups excluding carboxylic acids is 2. The van der Waals surface area contributed by atoms with Crippen molar-refractivity contribution in [2.45, 2.75) is 64.4 Å². The third kappa shape index (κ3) is 4.77. The maximum absolute atomic E-state index is 12.1. The minimum atomic E-state index is -0.0525. The van der Waals surface area contributed by atoms with Crippen LogP contribution in [0.2, 0.25) is 0 Å². The molecule has 1 aromatic rings. The summed E-state index contributed by atoms with van der Waals surface area (Å²) in [5.74, 6) is 1.80. The summed E-state index contributed by atoms with van der Waals surface area (Å²) in [6.45, 7) is 9.50. The third-order valence-corrected chi connectivity index (χ3v) is 5.07. The van der Waals surface area contributed by atoms with Gasteiger partial charge in [0.05, 0.1) is 17.0 Å². The lowest BCUT2D eigenvalue weighted by atomic mass is 10.1. The second kappa shape index (κ2) is 7.43. The fraction of sp³-hybridized carbons (Fsp3) is 0.647. The van der Waals surface area contributed by atoms with Gasteiger partial charge in [-0.05, 0) is 39.5 Å². The highest BCUT2D eigenvalue weighted by Gasteiger charge is 2.29. The molecular weight excluding hydrogens is 310 g/mol. The van der Waals surface area contributed by atoms with Gasteiger partial charge >= 0.3 is 0 Å². The number of hydrogen-bond donors (Lipinski definition) is 1. The first-order valence-corrected chi connectivity index (χ1v) is 9.09.